The minimum atomic E-state index is -0.0641. The third-order valence-corrected chi connectivity index (χ3v) is 4.21. The van der Waals surface area contributed by atoms with Gasteiger partial charge in [0.2, 0.25) is 0 Å². The van der Waals surface area contributed by atoms with E-state index in [4.69, 9.17) is 0 Å². The number of carbonyl (C=O) groups is 2. The van der Waals surface area contributed by atoms with Crippen LogP contribution in [-0.4, -0.2) is 21.5 Å². The van der Waals surface area contributed by atoms with Gasteiger partial charge in [-0.2, -0.15) is 0 Å². The standard InChI is InChI=1S/C14H8O2.C8H6N2/c15-13-9-5-1-2-6-10(9)14(16)12-8-4-3-7-11(12)13;1-2-4-8-7(3-1)9-5-6-10-8/h1-8H;1-6H. The summed E-state index contributed by atoms with van der Waals surface area (Å²) in [5.41, 5.74) is 3.92. The van der Waals surface area contributed by atoms with E-state index in [1.165, 1.54) is 0 Å². The van der Waals surface area contributed by atoms with Gasteiger partial charge in [0.05, 0.1) is 11.0 Å². The van der Waals surface area contributed by atoms with Crippen molar-refractivity contribution >= 4 is 22.6 Å². The monoisotopic (exact) mass is 338 g/mol. The lowest BCUT2D eigenvalue weighted by molar-refractivity contribution is 0.0979. The SMILES string of the molecule is O=C1c2ccccc2C(=O)c2ccccc21.c1ccc2nccnc2c1. The van der Waals surface area contributed by atoms with Crippen molar-refractivity contribution < 1.29 is 9.59 Å². The molecule has 1 aliphatic carbocycles. The lowest BCUT2D eigenvalue weighted by atomic mass is 9.84. The van der Waals surface area contributed by atoms with Crippen LogP contribution in [0.25, 0.3) is 11.0 Å². The summed E-state index contributed by atoms with van der Waals surface area (Å²) < 4.78 is 0. The molecule has 0 spiro atoms. The number of hydrogen-bond acceptors (Lipinski definition) is 4. The van der Waals surface area contributed by atoms with Crippen molar-refractivity contribution in [3.8, 4) is 0 Å². The normalized spacial score (nSPS) is 12.0. The zero-order chi connectivity index (χ0) is 17.9. The van der Waals surface area contributed by atoms with E-state index in [-0.39, 0.29) is 11.6 Å². The maximum atomic E-state index is 12.1. The van der Waals surface area contributed by atoms with Crippen molar-refractivity contribution in [1.82, 2.24) is 9.97 Å². The Morgan fingerprint density at radius 3 is 1.12 bits per heavy atom. The van der Waals surface area contributed by atoms with E-state index in [0.29, 0.717) is 22.3 Å². The second-order valence-electron chi connectivity index (χ2n) is 5.79. The van der Waals surface area contributed by atoms with Gasteiger partial charge in [-0.25, -0.2) is 0 Å². The van der Waals surface area contributed by atoms with Gasteiger partial charge in [-0.3, -0.25) is 19.6 Å². The van der Waals surface area contributed by atoms with Crippen LogP contribution in [0.5, 0.6) is 0 Å². The van der Waals surface area contributed by atoms with Crippen LogP contribution < -0.4 is 0 Å². The average Bonchev–Trinajstić information content (AvgIpc) is 2.73. The Morgan fingerprint density at radius 2 is 0.769 bits per heavy atom. The van der Waals surface area contributed by atoms with E-state index in [9.17, 15) is 9.59 Å². The Kier molecular flexibility index (Phi) is 4.07. The van der Waals surface area contributed by atoms with Crippen LogP contribution in [-0.2, 0) is 0 Å². The smallest absolute Gasteiger partial charge is 0.194 e. The molecule has 0 N–H and O–H groups in total. The quantitative estimate of drug-likeness (QED) is 0.427. The number of nitrogens with zero attached hydrogens (tertiary/aromatic N) is 2. The van der Waals surface area contributed by atoms with Crippen molar-refractivity contribution in [2.75, 3.05) is 0 Å². The Hall–Kier alpha value is -3.66. The molecule has 5 rings (SSSR count). The first-order valence-electron chi connectivity index (χ1n) is 8.19. The zero-order valence-electron chi connectivity index (χ0n) is 13.8. The highest BCUT2D eigenvalue weighted by Crippen LogP contribution is 2.26. The molecule has 4 heteroatoms. The molecule has 3 aromatic carbocycles. The molecule has 0 bridgehead atoms. The van der Waals surface area contributed by atoms with E-state index in [1.54, 1.807) is 60.9 Å². The molecule has 0 amide bonds. The number of fused-ring (bicyclic) bond motifs is 3. The first-order valence-corrected chi connectivity index (χ1v) is 8.19. The lowest BCUT2D eigenvalue weighted by Crippen LogP contribution is -2.20. The van der Waals surface area contributed by atoms with Crippen LogP contribution >= 0.6 is 0 Å². The molecular formula is C22H14N2O2. The van der Waals surface area contributed by atoms with Gasteiger partial charge in [0.15, 0.2) is 11.6 Å². The summed E-state index contributed by atoms with van der Waals surface area (Å²) in [7, 11) is 0. The minimum absolute atomic E-state index is 0.0641. The summed E-state index contributed by atoms with van der Waals surface area (Å²) in [6.45, 7) is 0. The molecule has 124 valence electrons. The van der Waals surface area contributed by atoms with Crippen molar-refractivity contribution in [1.29, 1.82) is 0 Å². The average molecular weight is 338 g/mol. The number of carbonyl (C=O) groups excluding carboxylic acids is 2. The molecule has 4 nitrogen and oxygen atoms in total. The number of benzene rings is 3. The first-order chi connectivity index (χ1) is 12.8. The van der Waals surface area contributed by atoms with Gasteiger partial charge >= 0.3 is 0 Å². The Morgan fingerprint density at radius 1 is 0.462 bits per heavy atom. The predicted octanol–water partition coefficient (Wildman–Crippen LogP) is 4.09. The fourth-order valence-electron chi connectivity index (χ4n) is 2.96. The molecule has 0 unspecified atom stereocenters. The van der Waals surface area contributed by atoms with Crippen molar-refractivity contribution in [3.63, 3.8) is 0 Å². The van der Waals surface area contributed by atoms with Crippen LogP contribution in [0.2, 0.25) is 0 Å². The van der Waals surface area contributed by atoms with Gasteiger partial charge in [0.25, 0.3) is 0 Å². The van der Waals surface area contributed by atoms with Gasteiger partial charge in [-0.15, -0.1) is 0 Å². The molecule has 0 radical (unpaired) electrons. The largest absolute Gasteiger partial charge is 0.289 e. The topological polar surface area (TPSA) is 59.9 Å². The second-order valence-corrected chi connectivity index (χ2v) is 5.79. The van der Waals surface area contributed by atoms with E-state index >= 15 is 0 Å². The van der Waals surface area contributed by atoms with Gasteiger partial charge in [-0.1, -0.05) is 60.7 Å². The van der Waals surface area contributed by atoms with Gasteiger partial charge in [0, 0.05) is 34.6 Å². The van der Waals surface area contributed by atoms with Crippen molar-refractivity contribution in [2.24, 2.45) is 0 Å². The van der Waals surface area contributed by atoms with E-state index in [1.807, 2.05) is 24.3 Å². The molecule has 0 saturated heterocycles. The van der Waals surface area contributed by atoms with Gasteiger partial charge < -0.3 is 0 Å². The first kappa shape index (κ1) is 15.8. The molecule has 1 heterocycles. The summed E-state index contributed by atoms with van der Waals surface area (Å²) in [6, 6.07) is 21.7. The Balaban J connectivity index is 0.000000144. The zero-order valence-corrected chi connectivity index (χ0v) is 13.8. The second kappa shape index (κ2) is 6.69. The van der Waals surface area contributed by atoms with Crippen LogP contribution in [0.15, 0.2) is 85.2 Å². The molecule has 1 aromatic heterocycles. The van der Waals surface area contributed by atoms with Crippen LogP contribution in [0.4, 0.5) is 0 Å². The number of rotatable bonds is 0. The fourth-order valence-corrected chi connectivity index (χ4v) is 2.96. The minimum Gasteiger partial charge on any atom is -0.289 e. The maximum Gasteiger partial charge on any atom is 0.194 e. The van der Waals surface area contributed by atoms with Crippen LogP contribution in [0, 0.1) is 0 Å². The molecular weight excluding hydrogens is 324 g/mol. The molecule has 0 saturated carbocycles. The fraction of sp³-hybridized carbons (Fsp3) is 0. The van der Waals surface area contributed by atoms with E-state index in [2.05, 4.69) is 9.97 Å². The van der Waals surface area contributed by atoms with E-state index in [0.717, 1.165) is 11.0 Å². The number of hydrogen-bond donors (Lipinski definition) is 0. The Labute approximate surface area is 150 Å². The third kappa shape index (κ3) is 2.78. The van der Waals surface area contributed by atoms with E-state index < -0.39 is 0 Å². The number of para-hydroxylation sites is 2. The molecule has 0 fully saturated rings. The summed E-state index contributed by atoms with van der Waals surface area (Å²) in [4.78, 5) is 32.4. The Bertz CT molecular complexity index is 965. The number of aromatic nitrogens is 2. The molecule has 0 atom stereocenters. The predicted molar refractivity (Wildman–Crippen MR) is 99.3 cm³/mol. The summed E-state index contributed by atoms with van der Waals surface area (Å²) in [5.74, 6) is -0.128. The highest BCUT2D eigenvalue weighted by molar-refractivity contribution is 6.28. The molecule has 26 heavy (non-hydrogen) atoms. The van der Waals surface area contributed by atoms with Crippen LogP contribution in [0.1, 0.15) is 31.8 Å². The maximum absolute atomic E-state index is 12.1. The summed E-state index contributed by atoms with van der Waals surface area (Å²) in [5, 5.41) is 0. The van der Waals surface area contributed by atoms with Crippen molar-refractivity contribution in [3.05, 3.63) is 107 Å². The highest BCUT2D eigenvalue weighted by atomic mass is 16.1. The molecule has 1 aliphatic rings. The summed E-state index contributed by atoms with van der Waals surface area (Å²) >= 11 is 0. The highest BCUT2D eigenvalue weighted by Gasteiger charge is 2.28. The third-order valence-electron chi connectivity index (χ3n) is 4.21. The van der Waals surface area contributed by atoms with Crippen LogP contribution in [0.3, 0.4) is 0 Å². The van der Waals surface area contributed by atoms with Crippen molar-refractivity contribution in [2.45, 2.75) is 0 Å². The molecule has 0 aliphatic heterocycles. The summed E-state index contributed by atoms with van der Waals surface area (Å²) in [6.07, 6.45) is 3.39. The molecule has 4 aromatic rings. The lowest BCUT2D eigenvalue weighted by Gasteiger charge is -2.16. The van der Waals surface area contributed by atoms with Gasteiger partial charge in [0.1, 0.15) is 0 Å². The van der Waals surface area contributed by atoms with Gasteiger partial charge in [-0.05, 0) is 12.1 Å². The number of ketones is 2.